The molecule has 0 aromatic heterocycles. The van der Waals surface area contributed by atoms with Crippen molar-refractivity contribution in [2.45, 2.75) is 11.4 Å². The van der Waals surface area contributed by atoms with Gasteiger partial charge in [-0.25, -0.2) is 17.5 Å². The summed E-state index contributed by atoms with van der Waals surface area (Å²) < 4.78 is 39.5. The van der Waals surface area contributed by atoms with E-state index in [4.69, 9.17) is 11.0 Å². The fraction of sp³-hybridized carbons (Fsp3) is 0.0714. The van der Waals surface area contributed by atoms with Crippen LogP contribution in [0.4, 0.5) is 10.1 Å². The number of nitrogens with two attached hydrogens (primary N) is 1. The van der Waals surface area contributed by atoms with Crippen LogP contribution in [0.2, 0.25) is 0 Å². The van der Waals surface area contributed by atoms with Crippen molar-refractivity contribution in [2.75, 3.05) is 5.73 Å². The highest BCUT2D eigenvalue weighted by Gasteiger charge is 2.18. The van der Waals surface area contributed by atoms with Gasteiger partial charge in [-0.3, -0.25) is 0 Å². The smallest absolute Gasteiger partial charge is 0.242 e. The molecule has 0 fully saturated rings. The Balaban J connectivity index is 2.23. The number of nitrogens with one attached hydrogen (secondary N) is 1. The number of rotatable bonds is 4. The number of nitriles is 1. The van der Waals surface area contributed by atoms with Crippen LogP contribution in [0.1, 0.15) is 11.1 Å². The van der Waals surface area contributed by atoms with Crippen molar-refractivity contribution >= 4 is 15.7 Å². The van der Waals surface area contributed by atoms with Gasteiger partial charge in [0, 0.05) is 12.2 Å². The first kappa shape index (κ1) is 15.0. The predicted octanol–water partition coefficient (Wildman–Crippen LogP) is 1.76. The number of benzene rings is 2. The van der Waals surface area contributed by atoms with E-state index >= 15 is 0 Å². The van der Waals surface area contributed by atoms with Gasteiger partial charge in [0.2, 0.25) is 10.0 Å². The molecule has 0 aliphatic carbocycles. The van der Waals surface area contributed by atoms with Crippen LogP contribution < -0.4 is 10.5 Å². The molecule has 5 nitrogen and oxygen atoms in total. The monoisotopic (exact) mass is 305 g/mol. The van der Waals surface area contributed by atoms with Gasteiger partial charge in [0.15, 0.2) is 0 Å². The van der Waals surface area contributed by atoms with Crippen LogP contribution in [0.25, 0.3) is 0 Å². The second kappa shape index (κ2) is 5.91. The lowest BCUT2D eigenvalue weighted by Crippen LogP contribution is -2.24. The Morgan fingerprint density at radius 3 is 2.48 bits per heavy atom. The van der Waals surface area contributed by atoms with Gasteiger partial charge < -0.3 is 5.73 Å². The lowest BCUT2D eigenvalue weighted by Gasteiger charge is -2.09. The molecule has 0 bridgehead atoms. The molecular weight excluding hydrogens is 293 g/mol. The van der Waals surface area contributed by atoms with Gasteiger partial charge in [-0.1, -0.05) is 12.1 Å². The number of anilines is 1. The van der Waals surface area contributed by atoms with Crippen LogP contribution in [0, 0.1) is 17.1 Å². The molecule has 7 heteroatoms. The summed E-state index contributed by atoms with van der Waals surface area (Å²) in [6.07, 6.45) is 0. The van der Waals surface area contributed by atoms with Crippen LogP contribution in [0.15, 0.2) is 47.4 Å². The third-order valence-corrected chi connectivity index (χ3v) is 4.25. The van der Waals surface area contributed by atoms with Crippen molar-refractivity contribution < 1.29 is 12.8 Å². The number of nitrogens with zero attached hydrogens (tertiary/aromatic N) is 1. The molecular formula is C14H12FN3O2S. The summed E-state index contributed by atoms with van der Waals surface area (Å²) >= 11 is 0. The Kier molecular flexibility index (Phi) is 4.21. The van der Waals surface area contributed by atoms with Crippen LogP contribution in [-0.2, 0) is 16.6 Å². The molecule has 0 aliphatic rings. The number of sulfonamides is 1. The van der Waals surface area contributed by atoms with E-state index in [0.717, 1.165) is 0 Å². The van der Waals surface area contributed by atoms with Crippen molar-refractivity contribution in [1.29, 1.82) is 5.26 Å². The molecule has 2 aromatic rings. The molecule has 0 saturated heterocycles. The first-order valence-electron chi connectivity index (χ1n) is 5.96. The summed E-state index contributed by atoms with van der Waals surface area (Å²) in [6, 6.07) is 11.2. The molecule has 0 heterocycles. The van der Waals surface area contributed by atoms with E-state index in [1.165, 1.54) is 42.5 Å². The molecule has 0 radical (unpaired) electrons. The molecule has 108 valence electrons. The van der Waals surface area contributed by atoms with Crippen LogP contribution in [-0.4, -0.2) is 8.42 Å². The maximum absolute atomic E-state index is 12.8. The van der Waals surface area contributed by atoms with Gasteiger partial charge in [0.1, 0.15) is 11.9 Å². The van der Waals surface area contributed by atoms with E-state index in [9.17, 15) is 12.8 Å². The Morgan fingerprint density at radius 2 is 1.86 bits per heavy atom. The fourth-order valence-corrected chi connectivity index (χ4v) is 2.88. The largest absolute Gasteiger partial charge is 0.399 e. The minimum absolute atomic E-state index is 0.00212. The molecule has 3 N–H and O–H groups in total. The average molecular weight is 305 g/mol. The van der Waals surface area contributed by atoms with E-state index in [2.05, 4.69) is 4.72 Å². The van der Waals surface area contributed by atoms with Crippen molar-refractivity contribution in [1.82, 2.24) is 4.72 Å². The lowest BCUT2D eigenvalue weighted by atomic mass is 10.2. The Labute approximate surface area is 121 Å². The number of nitrogen functional groups attached to an aromatic ring is 1. The normalized spacial score (nSPS) is 11.0. The maximum atomic E-state index is 12.8. The number of halogens is 1. The fourth-order valence-electron chi connectivity index (χ4n) is 1.73. The summed E-state index contributed by atoms with van der Waals surface area (Å²) in [7, 11) is -3.85. The van der Waals surface area contributed by atoms with Gasteiger partial charge in [-0.2, -0.15) is 5.26 Å². The summed E-state index contributed by atoms with van der Waals surface area (Å²) in [4.78, 5) is -0.138. The third kappa shape index (κ3) is 3.56. The van der Waals surface area contributed by atoms with Crippen LogP contribution in [0.5, 0.6) is 0 Å². The molecule has 0 spiro atoms. The zero-order valence-corrected chi connectivity index (χ0v) is 11.7. The summed E-state index contributed by atoms with van der Waals surface area (Å²) in [5.41, 5.74) is 6.41. The third-order valence-electron chi connectivity index (χ3n) is 2.79. The van der Waals surface area contributed by atoms with Crippen molar-refractivity contribution in [3.05, 3.63) is 59.4 Å². The van der Waals surface area contributed by atoms with E-state index in [1.807, 2.05) is 0 Å². The van der Waals surface area contributed by atoms with Crippen LogP contribution in [0.3, 0.4) is 0 Å². The Bertz CT molecular complexity index is 796. The standard InChI is InChI=1S/C14H12FN3O2S/c15-12-3-1-10(2-4-12)9-18-21(19,20)14-6-5-13(17)7-11(14)8-16/h1-7,18H,9,17H2. The SMILES string of the molecule is N#Cc1cc(N)ccc1S(=O)(=O)NCc1ccc(F)cc1. The Morgan fingerprint density at radius 1 is 1.19 bits per heavy atom. The zero-order valence-electron chi connectivity index (χ0n) is 10.9. The molecule has 0 saturated carbocycles. The topological polar surface area (TPSA) is 96.0 Å². The lowest BCUT2D eigenvalue weighted by molar-refractivity contribution is 0.581. The molecule has 0 atom stereocenters. The molecule has 0 amide bonds. The summed E-state index contributed by atoms with van der Waals surface area (Å²) in [6.45, 7) is -0.00212. The van der Waals surface area contributed by atoms with Crippen molar-refractivity contribution in [3.8, 4) is 6.07 Å². The van der Waals surface area contributed by atoms with Gasteiger partial charge in [0.05, 0.1) is 10.5 Å². The highest BCUT2D eigenvalue weighted by atomic mass is 32.2. The number of hydrogen-bond donors (Lipinski definition) is 2. The summed E-state index contributed by atoms with van der Waals surface area (Å²) in [5.74, 6) is -0.396. The highest BCUT2D eigenvalue weighted by Crippen LogP contribution is 2.18. The minimum atomic E-state index is -3.85. The molecule has 21 heavy (non-hydrogen) atoms. The van der Waals surface area contributed by atoms with Gasteiger partial charge in [-0.05, 0) is 35.9 Å². The molecule has 0 unspecified atom stereocenters. The second-order valence-corrected chi connectivity index (χ2v) is 6.05. The Hall–Kier alpha value is -2.43. The van der Waals surface area contributed by atoms with Crippen LogP contribution >= 0.6 is 0 Å². The first-order valence-corrected chi connectivity index (χ1v) is 7.44. The zero-order chi connectivity index (χ0) is 15.5. The predicted molar refractivity (Wildman–Crippen MR) is 76.0 cm³/mol. The summed E-state index contributed by atoms with van der Waals surface area (Å²) in [5, 5.41) is 8.98. The highest BCUT2D eigenvalue weighted by molar-refractivity contribution is 7.89. The molecule has 2 aromatic carbocycles. The van der Waals surface area contributed by atoms with E-state index in [-0.39, 0.29) is 17.0 Å². The maximum Gasteiger partial charge on any atom is 0.242 e. The molecule has 0 aliphatic heterocycles. The minimum Gasteiger partial charge on any atom is -0.399 e. The van der Waals surface area contributed by atoms with E-state index in [0.29, 0.717) is 11.3 Å². The number of hydrogen-bond acceptors (Lipinski definition) is 4. The van der Waals surface area contributed by atoms with Gasteiger partial charge in [0.25, 0.3) is 0 Å². The van der Waals surface area contributed by atoms with Crippen molar-refractivity contribution in [2.24, 2.45) is 0 Å². The average Bonchev–Trinajstić information content (AvgIpc) is 2.46. The van der Waals surface area contributed by atoms with Gasteiger partial charge in [-0.15, -0.1) is 0 Å². The van der Waals surface area contributed by atoms with E-state index < -0.39 is 15.8 Å². The second-order valence-electron chi connectivity index (χ2n) is 4.32. The quantitative estimate of drug-likeness (QED) is 0.841. The van der Waals surface area contributed by atoms with Gasteiger partial charge >= 0.3 is 0 Å². The molecule has 2 rings (SSSR count). The van der Waals surface area contributed by atoms with Crippen molar-refractivity contribution in [3.63, 3.8) is 0 Å². The van der Waals surface area contributed by atoms with E-state index in [1.54, 1.807) is 6.07 Å². The first-order chi connectivity index (χ1) is 9.92.